The SMILES string of the molecule is COc1ccc(S(=O)(=O)N(CC(C)C)C[C@H]2OC(C)(C)N(C(=O)OC(C)(C)C)[C@H]2Cc2ccc(C#Cc3sc4c(c3C(=O)OC(C)(C)C)CC(C)(C)CC4)cc2)cc1. The predicted molar refractivity (Wildman–Crippen MR) is 229 cm³/mol. The fourth-order valence-corrected chi connectivity index (χ4v) is 10.3. The van der Waals surface area contributed by atoms with Gasteiger partial charge in [0.25, 0.3) is 0 Å². The molecule has 0 N–H and O–H groups in total. The summed E-state index contributed by atoms with van der Waals surface area (Å²) in [6.07, 6.45) is 1.90. The molecule has 2 aromatic carbocycles. The van der Waals surface area contributed by atoms with Crippen molar-refractivity contribution >= 4 is 33.4 Å². The maximum absolute atomic E-state index is 14.2. The minimum atomic E-state index is -3.95. The largest absolute Gasteiger partial charge is 0.497 e. The summed E-state index contributed by atoms with van der Waals surface area (Å²) >= 11 is 1.59. The monoisotopic (exact) mass is 834 g/mol. The lowest BCUT2D eigenvalue weighted by Crippen LogP contribution is -2.52. The highest BCUT2D eigenvalue weighted by Crippen LogP contribution is 2.42. The zero-order chi connectivity index (χ0) is 43.0. The van der Waals surface area contributed by atoms with E-state index in [0.29, 0.717) is 17.7 Å². The summed E-state index contributed by atoms with van der Waals surface area (Å²) in [4.78, 5) is 31.2. The molecule has 10 nitrogen and oxygen atoms in total. The molecule has 0 bridgehead atoms. The van der Waals surface area contributed by atoms with Crippen molar-refractivity contribution < 1.29 is 37.0 Å². The van der Waals surface area contributed by atoms with Gasteiger partial charge in [-0.15, -0.1) is 11.3 Å². The Morgan fingerprint density at radius 3 is 2.14 bits per heavy atom. The number of rotatable bonds is 10. The van der Waals surface area contributed by atoms with Gasteiger partial charge in [0.05, 0.1) is 34.6 Å². The van der Waals surface area contributed by atoms with Crippen LogP contribution in [0.2, 0.25) is 0 Å². The molecule has 0 spiro atoms. The van der Waals surface area contributed by atoms with Gasteiger partial charge in [0.2, 0.25) is 10.0 Å². The maximum Gasteiger partial charge on any atom is 0.412 e. The quantitative estimate of drug-likeness (QED) is 0.147. The highest BCUT2D eigenvalue weighted by atomic mass is 32.2. The molecular weight excluding hydrogens is 773 g/mol. The summed E-state index contributed by atoms with van der Waals surface area (Å²) < 4.78 is 53.5. The van der Waals surface area contributed by atoms with Crippen LogP contribution < -0.4 is 4.74 Å². The number of sulfonamides is 1. The van der Waals surface area contributed by atoms with Gasteiger partial charge in [-0.25, -0.2) is 18.0 Å². The number of carbonyl (C=O) groups is 2. The Bertz CT molecular complexity index is 2130. The lowest BCUT2D eigenvalue weighted by molar-refractivity contribution is -0.0807. The van der Waals surface area contributed by atoms with Crippen molar-refractivity contribution in [3.8, 4) is 17.6 Å². The molecule has 3 aromatic rings. The summed E-state index contributed by atoms with van der Waals surface area (Å²) in [5.74, 6) is 6.84. The molecule has 58 heavy (non-hydrogen) atoms. The summed E-state index contributed by atoms with van der Waals surface area (Å²) in [5.41, 5.74) is 0.909. The Kier molecular flexibility index (Phi) is 13.2. The number of ether oxygens (including phenoxy) is 4. The molecule has 1 aliphatic heterocycles. The van der Waals surface area contributed by atoms with E-state index in [0.717, 1.165) is 40.8 Å². The van der Waals surface area contributed by atoms with Crippen molar-refractivity contribution in [3.05, 3.63) is 80.5 Å². The van der Waals surface area contributed by atoms with Gasteiger partial charge in [0, 0.05) is 23.5 Å². The molecule has 1 amide bonds. The summed E-state index contributed by atoms with van der Waals surface area (Å²) in [6.45, 7) is 23.4. The average molecular weight is 835 g/mol. The van der Waals surface area contributed by atoms with E-state index in [4.69, 9.17) is 18.9 Å². The fourth-order valence-electron chi connectivity index (χ4n) is 7.54. The molecule has 0 radical (unpaired) electrons. The summed E-state index contributed by atoms with van der Waals surface area (Å²) in [6, 6.07) is 13.6. The third kappa shape index (κ3) is 11.0. The number of methoxy groups -OCH3 is 1. The van der Waals surface area contributed by atoms with Crippen molar-refractivity contribution in [3.63, 3.8) is 0 Å². The molecule has 5 rings (SSSR count). The van der Waals surface area contributed by atoms with Gasteiger partial charge in [-0.05, 0) is 146 Å². The molecule has 2 aliphatic rings. The van der Waals surface area contributed by atoms with Crippen LogP contribution in [0.3, 0.4) is 0 Å². The first-order valence-corrected chi connectivity index (χ1v) is 22.4. The second kappa shape index (κ2) is 17.0. The second-order valence-corrected chi connectivity index (χ2v) is 22.2. The Balaban J connectivity index is 1.47. The van der Waals surface area contributed by atoms with Crippen LogP contribution >= 0.6 is 11.3 Å². The maximum atomic E-state index is 14.2. The molecule has 1 fully saturated rings. The standard InChI is InChI=1S/C46H62N2O8S2/c1-30(2)28-47(58(51,52)34-21-19-33(53-13)20-22-34)29-37-36(48(46(11,12)54-37)42(50)56-44(6,7)8)26-32-16-14-31(15-17-32)18-23-39-40(41(49)55-43(3,4)5)35-27-45(9,10)25-24-38(35)57-39/h14-17,19-22,30,36-37H,24-29H2,1-13H3/t36-,37+/m0/s1. The molecule has 1 aliphatic carbocycles. The minimum absolute atomic E-state index is 0.0168. The van der Waals surface area contributed by atoms with Crippen molar-refractivity contribution in [2.24, 2.45) is 11.3 Å². The first kappa shape index (κ1) is 45.2. The van der Waals surface area contributed by atoms with Crippen LogP contribution in [-0.4, -0.2) is 79.0 Å². The smallest absolute Gasteiger partial charge is 0.412 e. The molecular formula is C46H62N2O8S2. The first-order chi connectivity index (χ1) is 26.8. The lowest BCUT2D eigenvalue weighted by Gasteiger charge is -2.35. The Labute approximate surface area is 350 Å². The number of hydrogen-bond donors (Lipinski definition) is 0. The van der Waals surface area contributed by atoms with Crippen LogP contribution in [0, 0.1) is 23.2 Å². The number of carbonyl (C=O) groups excluding carboxylic acids is 2. The van der Waals surface area contributed by atoms with E-state index in [9.17, 15) is 18.0 Å². The molecule has 2 heterocycles. The number of esters is 1. The van der Waals surface area contributed by atoms with Crippen molar-refractivity contribution in [2.45, 2.75) is 143 Å². The molecule has 316 valence electrons. The van der Waals surface area contributed by atoms with E-state index in [1.807, 2.05) is 93.5 Å². The predicted octanol–water partition coefficient (Wildman–Crippen LogP) is 9.26. The third-order valence-electron chi connectivity index (χ3n) is 10.1. The van der Waals surface area contributed by atoms with Crippen LogP contribution in [0.25, 0.3) is 0 Å². The number of fused-ring (bicyclic) bond motifs is 1. The van der Waals surface area contributed by atoms with E-state index in [1.54, 1.807) is 40.5 Å². The molecule has 0 saturated carbocycles. The van der Waals surface area contributed by atoms with Crippen LogP contribution in [0.4, 0.5) is 4.79 Å². The van der Waals surface area contributed by atoms with Gasteiger partial charge >= 0.3 is 12.1 Å². The first-order valence-electron chi connectivity index (χ1n) is 20.1. The van der Waals surface area contributed by atoms with Gasteiger partial charge in [-0.3, -0.25) is 4.90 Å². The van der Waals surface area contributed by atoms with E-state index in [-0.39, 0.29) is 35.3 Å². The Morgan fingerprint density at radius 1 is 0.948 bits per heavy atom. The summed E-state index contributed by atoms with van der Waals surface area (Å²) in [7, 11) is -2.42. The van der Waals surface area contributed by atoms with Gasteiger partial charge in [0.1, 0.15) is 22.7 Å². The Hall–Kier alpha value is -3.89. The van der Waals surface area contributed by atoms with Crippen LogP contribution in [0.1, 0.15) is 126 Å². The molecule has 0 unspecified atom stereocenters. The van der Waals surface area contributed by atoms with Gasteiger partial charge < -0.3 is 18.9 Å². The van der Waals surface area contributed by atoms with Crippen molar-refractivity contribution in [1.29, 1.82) is 0 Å². The summed E-state index contributed by atoms with van der Waals surface area (Å²) in [5, 5.41) is 0. The number of hydrogen-bond acceptors (Lipinski definition) is 9. The normalized spacial score (nSPS) is 19.1. The highest BCUT2D eigenvalue weighted by Gasteiger charge is 2.52. The second-order valence-electron chi connectivity index (χ2n) is 19.1. The number of amides is 1. The zero-order valence-electron chi connectivity index (χ0n) is 36.6. The van der Waals surface area contributed by atoms with Gasteiger partial charge in [0.15, 0.2) is 0 Å². The zero-order valence-corrected chi connectivity index (χ0v) is 38.2. The molecule has 2 atom stereocenters. The number of thiophene rings is 1. The van der Waals surface area contributed by atoms with Crippen LogP contribution in [-0.2, 0) is 43.5 Å². The van der Waals surface area contributed by atoms with E-state index < -0.39 is 45.2 Å². The fraction of sp³-hybridized carbons (Fsp3) is 0.565. The molecule has 12 heteroatoms. The van der Waals surface area contributed by atoms with Gasteiger partial charge in [-0.2, -0.15) is 4.31 Å². The van der Waals surface area contributed by atoms with Crippen LogP contribution in [0.15, 0.2) is 53.4 Å². The molecule has 1 aromatic heterocycles. The lowest BCUT2D eigenvalue weighted by atomic mass is 9.76. The van der Waals surface area contributed by atoms with Crippen molar-refractivity contribution in [1.82, 2.24) is 9.21 Å². The van der Waals surface area contributed by atoms with Gasteiger partial charge in [-0.1, -0.05) is 45.7 Å². The van der Waals surface area contributed by atoms with E-state index in [2.05, 4.69) is 25.7 Å². The minimum Gasteiger partial charge on any atom is -0.497 e. The van der Waals surface area contributed by atoms with Crippen LogP contribution in [0.5, 0.6) is 5.75 Å². The van der Waals surface area contributed by atoms with E-state index in [1.165, 1.54) is 16.3 Å². The topological polar surface area (TPSA) is 112 Å². The van der Waals surface area contributed by atoms with E-state index >= 15 is 0 Å². The molecule has 1 saturated heterocycles. The Morgan fingerprint density at radius 2 is 1.57 bits per heavy atom. The average Bonchev–Trinajstić information content (AvgIpc) is 3.57. The third-order valence-corrected chi connectivity index (χ3v) is 13.2. The number of nitrogens with zero attached hydrogens (tertiary/aromatic N) is 2. The number of aryl methyl sites for hydroxylation is 1. The highest BCUT2D eigenvalue weighted by molar-refractivity contribution is 7.89. The van der Waals surface area contributed by atoms with Crippen molar-refractivity contribution in [2.75, 3.05) is 20.2 Å². The number of benzene rings is 2.